The van der Waals surface area contributed by atoms with E-state index in [4.69, 9.17) is 0 Å². The number of benzene rings is 1. The molecule has 1 aliphatic rings. The highest BCUT2D eigenvalue weighted by Crippen LogP contribution is 2.32. The summed E-state index contributed by atoms with van der Waals surface area (Å²) >= 11 is 1.24. The van der Waals surface area contributed by atoms with Crippen LogP contribution in [0.15, 0.2) is 34.2 Å². The highest BCUT2D eigenvalue weighted by molar-refractivity contribution is 7.99. The molecule has 2 aromatic rings. The van der Waals surface area contributed by atoms with E-state index >= 15 is 0 Å². The minimum Gasteiger partial charge on any atom is -0.352 e. The minimum atomic E-state index is -0.260. The van der Waals surface area contributed by atoms with Crippen molar-refractivity contribution in [2.75, 3.05) is 12.3 Å². The Bertz CT molecular complexity index is 919. The summed E-state index contributed by atoms with van der Waals surface area (Å²) in [5.41, 5.74) is 0.595. The first kappa shape index (κ1) is 20.4. The SMILES string of the molecule is CC(C)NC(=O)CNC(=O)CSc1nc2ccccc2c(=O)n1C1CCCC1. The Morgan fingerprint density at radius 1 is 1.21 bits per heavy atom. The van der Waals surface area contributed by atoms with E-state index in [1.807, 2.05) is 32.0 Å². The van der Waals surface area contributed by atoms with Crippen LogP contribution in [0.3, 0.4) is 0 Å². The zero-order chi connectivity index (χ0) is 20.1. The Morgan fingerprint density at radius 3 is 2.64 bits per heavy atom. The van der Waals surface area contributed by atoms with Gasteiger partial charge in [0.05, 0.1) is 23.2 Å². The highest BCUT2D eigenvalue weighted by atomic mass is 32.2. The largest absolute Gasteiger partial charge is 0.352 e. The Hall–Kier alpha value is -2.35. The number of hydrogen-bond acceptors (Lipinski definition) is 5. The molecular formula is C20H26N4O3S. The van der Waals surface area contributed by atoms with E-state index < -0.39 is 0 Å². The lowest BCUT2D eigenvalue weighted by atomic mass is 10.2. The van der Waals surface area contributed by atoms with Crippen LogP contribution in [-0.4, -0.2) is 39.7 Å². The third-order valence-corrected chi connectivity index (χ3v) is 5.65. The van der Waals surface area contributed by atoms with Gasteiger partial charge in [-0.25, -0.2) is 4.98 Å². The molecule has 8 heteroatoms. The van der Waals surface area contributed by atoms with Crippen LogP contribution in [0.5, 0.6) is 0 Å². The molecular weight excluding hydrogens is 376 g/mol. The van der Waals surface area contributed by atoms with Gasteiger partial charge in [0.2, 0.25) is 11.8 Å². The van der Waals surface area contributed by atoms with E-state index in [1.54, 1.807) is 10.6 Å². The van der Waals surface area contributed by atoms with Crippen molar-refractivity contribution >= 4 is 34.5 Å². The van der Waals surface area contributed by atoms with Gasteiger partial charge in [-0.1, -0.05) is 36.7 Å². The standard InChI is InChI=1S/C20H26N4O3S/c1-13(2)22-17(25)11-21-18(26)12-28-20-23-16-10-6-5-9-15(16)19(27)24(20)14-7-3-4-8-14/h5-6,9-10,13-14H,3-4,7-8,11-12H2,1-2H3,(H,21,26)(H,22,25). The number of nitrogens with zero attached hydrogens (tertiary/aromatic N) is 2. The van der Waals surface area contributed by atoms with Crippen LogP contribution in [-0.2, 0) is 9.59 Å². The molecule has 1 aromatic carbocycles. The number of fused-ring (bicyclic) bond motifs is 1. The second kappa shape index (κ2) is 9.23. The van der Waals surface area contributed by atoms with Crippen molar-refractivity contribution in [3.8, 4) is 0 Å². The predicted octanol–water partition coefficient (Wildman–Crippen LogP) is 2.24. The van der Waals surface area contributed by atoms with Gasteiger partial charge in [0.15, 0.2) is 5.16 Å². The van der Waals surface area contributed by atoms with E-state index in [2.05, 4.69) is 15.6 Å². The number of carbonyl (C=O) groups is 2. The molecule has 0 radical (unpaired) electrons. The first-order valence-electron chi connectivity index (χ1n) is 9.66. The lowest BCUT2D eigenvalue weighted by Gasteiger charge is -2.18. The number of amides is 2. The van der Waals surface area contributed by atoms with E-state index in [1.165, 1.54) is 11.8 Å². The number of hydrogen-bond donors (Lipinski definition) is 2. The first-order valence-corrected chi connectivity index (χ1v) is 10.6. The van der Waals surface area contributed by atoms with E-state index in [0.29, 0.717) is 16.1 Å². The molecule has 1 aliphatic carbocycles. The molecule has 7 nitrogen and oxygen atoms in total. The quantitative estimate of drug-likeness (QED) is 0.547. The number of nitrogens with one attached hydrogen (secondary N) is 2. The maximum Gasteiger partial charge on any atom is 0.262 e. The molecule has 28 heavy (non-hydrogen) atoms. The third kappa shape index (κ3) is 4.92. The van der Waals surface area contributed by atoms with Crippen LogP contribution < -0.4 is 16.2 Å². The monoisotopic (exact) mass is 402 g/mol. The first-order chi connectivity index (χ1) is 13.5. The van der Waals surface area contributed by atoms with Crippen LogP contribution in [0.1, 0.15) is 45.6 Å². The van der Waals surface area contributed by atoms with Crippen molar-refractivity contribution in [3.63, 3.8) is 0 Å². The Balaban J connectivity index is 1.74. The molecule has 0 bridgehead atoms. The van der Waals surface area contributed by atoms with Gasteiger partial charge >= 0.3 is 0 Å². The predicted molar refractivity (Wildman–Crippen MR) is 111 cm³/mol. The van der Waals surface area contributed by atoms with Crippen molar-refractivity contribution in [2.45, 2.75) is 56.8 Å². The van der Waals surface area contributed by atoms with Gasteiger partial charge in [0, 0.05) is 12.1 Å². The summed E-state index contributed by atoms with van der Waals surface area (Å²) in [5.74, 6) is -0.378. The second-order valence-electron chi connectivity index (χ2n) is 7.31. The Morgan fingerprint density at radius 2 is 1.93 bits per heavy atom. The number of thioether (sulfide) groups is 1. The highest BCUT2D eigenvalue weighted by Gasteiger charge is 2.23. The number of aromatic nitrogens is 2. The molecule has 0 unspecified atom stereocenters. The average Bonchev–Trinajstić information content (AvgIpc) is 3.18. The fourth-order valence-corrected chi connectivity index (χ4v) is 4.34. The van der Waals surface area contributed by atoms with Crippen molar-refractivity contribution < 1.29 is 9.59 Å². The maximum atomic E-state index is 13.1. The van der Waals surface area contributed by atoms with Gasteiger partial charge in [-0.3, -0.25) is 19.0 Å². The van der Waals surface area contributed by atoms with Crippen molar-refractivity contribution in [1.29, 1.82) is 0 Å². The number of rotatable bonds is 7. The molecule has 0 spiro atoms. The maximum absolute atomic E-state index is 13.1. The van der Waals surface area contributed by atoms with Crippen molar-refractivity contribution in [1.82, 2.24) is 20.2 Å². The summed E-state index contributed by atoms with van der Waals surface area (Å²) in [5, 5.41) is 6.51. The zero-order valence-electron chi connectivity index (χ0n) is 16.2. The second-order valence-corrected chi connectivity index (χ2v) is 8.26. The van der Waals surface area contributed by atoms with Crippen molar-refractivity contribution in [2.24, 2.45) is 0 Å². The van der Waals surface area contributed by atoms with Gasteiger partial charge in [0.25, 0.3) is 5.56 Å². The average molecular weight is 403 g/mol. The fourth-order valence-electron chi connectivity index (χ4n) is 3.44. The summed E-state index contributed by atoms with van der Waals surface area (Å²) in [6, 6.07) is 7.46. The lowest BCUT2D eigenvalue weighted by molar-refractivity contribution is -0.125. The molecule has 2 amide bonds. The normalized spacial score (nSPS) is 14.5. The van der Waals surface area contributed by atoms with Gasteiger partial charge in [-0.2, -0.15) is 0 Å². The van der Waals surface area contributed by atoms with Crippen LogP contribution in [0.25, 0.3) is 10.9 Å². The molecule has 1 aromatic heterocycles. The summed E-state index contributed by atoms with van der Waals surface area (Å²) in [4.78, 5) is 41.5. The minimum absolute atomic E-state index is 0.0291. The van der Waals surface area contributed by atoms with E-state index in [-0.39, 0.29) is 41.8 Å². The van der Waals surface area contributed by atoms with Gasteiger partial charge < -0.3 is 10.6 Å². The van der Waals surface area contributed by atoms with E-state index in [0.717, 1.165) is 25.7 Å². The fraction of sp³-hybridized carbons (Fsp3) is 0.500. The molecule has 2 N–H and O–H groups in total. The molecule has 1 saturated carbocycles. The van der Waals surface area contributed by atoms with Crippen LogP contribution in [0, 0.1) is 0 Å². The van der Waals surface area contributed by atoms with Crippen molar-refractivity contribution in [3.05, 3.63) is 34.6 Å². The molecule has 0 atom stereocenters. The third-order valence-electron chi connectivity index (χ3n) is 4.69. The molecule has 0 aliphatic heterocycles. The summed E-state index contributed by atoms with van der Waals surface area (Å²) < 4.78 is 1.76. The zero-order valence-corrected chi connectivity index (χ0v) is 17.1. The lowest BCUT2D eigenvalue weighted by Crippen LogP contribution is -2.40. The summed E-state index contributed by atoms with van der Waals surface area (Å²) in [6.45, 7) is 3.67. The van der Waals surface area contributed by atoms with Gasteiger partial charge in [-0.15, -0.1) is 0 Å². The molecule has 3 rings (SSSR count). The van der Waals surface area contributed by atoms with Gasteiger partial charge in [0.1, 0.15) is 0 Å². The van der Waals surface area contributed by atoms with Crippen LogP contribution in [0.4, 0.5) is 0 Å². The number of carbonyl (C=O) groups excluding carboxylic acids is 2. The van der Waals surface area contributed by atoms with Crippen LogP contribution in [0.2, 0.25) is 0 Å². The molecule has 1 fully saturated rings. The van der Waals surface area contributed by atoms with Crippen LogP contribution >= 0.6 is 11.8 Å². The molecule has 0 saturated heterocycles. The summed E-state index contributed by atoms with van der Waals surface area (Å²) in [6.07, 6.45) is 4.10. The van der Waals surface area contributed by atoms with E-state index in [9.17, 15) is 14.4 Å². The molecule has 1 heterocycles. The Labute approximate surface area is 168 Å². The number of para-hydroxylation sites is 1. The van der Waals surface area contributed by atoms with Gasteiger partial charge in [-0.05, 0) is 38.8 Å². The summed E-state index contributed by atoms with van der Waals surface area (Å²) in [7, 11) is 0. The Kier molecular flexibility index (Phi) is 6.72. The topological polar surface area (TPSA) is 93.1 Å². The molecule has 150 valence electrons. The smallest absolute Gasteiger partial charge is 0.262 e.